The molecular weight excluding hydrogens is 368 g/mol. The van der Waals surface area contributed by atoms with Crippen molar-refractivity contribution < 1.29 is 14.3 Å². The van der Waals surface area contributed by atoms with Gasteiger partial charge in [-0.25, -0.2) is 9.97 Å². The van der Waals surface area contributed by atoms with Crippen LogP contribution < -0.4 is 20.5 Å². The minimum atomic E-state index is -0.224. The first-order chi connectivity index (χ1) is 14.1. The second-order valence-corrected chi connectivity index (χ2v) is 6.28. The number of nitrogens with one attached hydrogen (secondary N) is 1. The molecule has 0 saturated heterocycles. The largest absolute Gasteiger partial charge is 0.490 e. The van der Waals surface area contributed by atoms with Gasteiger partial charge < -0.3 is 20.5 Å². The van der Waals surface area contributed by atoms with E-state index in [1.807, 2.05) is 61.5 Å². The Hall–Kier alpha value is -3.61. The van der Waals surface area contributed by atoms with E-state index in [1.165, 1.54) is 0 Å². The summed E-state index contributed by atoms with van der Waals surface area (Å²) in [5.74, 6) is 1.41. The highest BCUT2D eigenvalue weighted by atomic mass is 16.5. The Morgan fingerprint density at radius 1 is 0.966 bits per heavy atom. The Balaban J connectivity index is 1.69. The summed E-state index contributed by atoms with van der Waals surface area (Å²) in [6, 6.07) is 16.9. The van der Waals surface area contributed by atoms with Gasteiger partial charge in [-0.05, 0) is 50.2 Å². The van der Waals surface area contributed by atoms with Crippen molar-refractivity contribution in [2.75, 3.05) is 25.5 Å². The fourth-order valence-electron chi connectivity index (χ4n) is 2.87. The van der Waals surface area contributed by atoms with Crippen molar-refractivity contribution in [3.8, 4) is 22.8 Å². The van der Waals surface area contributed by atoms with Crippen molar-refractivity contribution in [1.29, 1.82) is 0 Å². The topological polar surface area (TPSA) is 99.4 Å². The maximum atomic E-state index is 12.5. The molecule has 0 unspecified atom stereocenters. The lowest BCUT2D eigenvalue weighted by Crippen LogP contribution is -2.25. The molecule has 7 nitrogen and oxygen atoms in total. The zero-order valence-electron chi connectivity index (χ0n) is 16.5. The number of nitrogen functional groups attached to an aromatic ring is 1. The third kappa shape index (κ3) is 5.22. The number of hydrogen-bond donors (Lipinski definition) is 2. The zero-order valence-corrected chi connectivity index (χ0v) is 16.5. The van der Waals surface area contributed by atoms with Gasteiger partial charge in [-0.2, -0.15) is 0 Å². The van der Waals surface area contributed by atoms with Gasteiger partial charge in [0.2, 0.25) is 5.95 Å². The molecule has 0 bridgehead atoms. The predicted molar refractivity (Wildman–Crippen MR) is 112 cm³/mol. The molecule has 0 spiro atoms. The number of rotatable bonds is 8. The number of anilines is 1. The summed E-state index contributed by atoms with van der Waals surface area (Å²) in [4.78, 5) is 20.9. The summed E-state index contributed by atoms with van der Waals surface area (Å²) < 4.78 is 11.3. The molecule has 1 aromatic heterocycles. The summed E-state index contributed by atoms with van der Waals surface area (Å²) >= 11 is 0. The van der Waals surface area contributed by atoms with Gasteiger partial charge in [-0.15, -0.1) is 0 Å². The van der Waals surface area contributed by atoms with Crippen LogP contribution in [0.5, 0.6) is 11.5 Å². The van der Waals surface area contributed by atoms with Gasteiger partial charge >= 0.3 is 0 Å². The van der Waals surface area contributed by atoms with Crippen LogP contribution in [0.2, 0.25) is 0 Å². The van der Waals surface area contributed by atoms with Crippen LogP contribution in [-0.4, -0.2) is 35.6 Å². The Morgan fingerprint density at radius 3 is 2.21 bits per heavy atom. The van der Waals surface area contributed by atoms with E-state index in [9.17, 15) is 4.79 Å². The minimum absolute atomic E-state index is 0.129. The van der Waals surface area contributed by atoms with Crippen molar-refractivity contribution >= 4 is 11.9 Å². The number of benzene rings is 2. The van der Waals surface area contributed by atoms with Crippen molar-refractivity contribution in [3.63, 3.8) is 0 Å². The highest BCUT2D eigenvalue weighted by Crippen LogP contribution is 2.26. The second kappa shape index (κ2) is 9.54. The van der Waals surface area contributed by atoms with Gasteiger partial charge in [-0.3, -0.25) is 4.79 Å². The van der Waals surface area contributed by atoms with Gasteiger partial charge in [0.25, 0.3) is 5.91 Å². The first-order valence-corrected chi connectivity index (χ1v) is 9.42. The molecule has 0 radical (unpaired) electrons. The number of aryl methyl sites for hydroxylation is 1. The van der Waals surface area contributed by atoms with Crippen LogP contribution in [0.15, 0.2) is 54.6 Å². The maximum absolute atomic E-state index is 12.5. The van der Waals surface area contributed by atoms with Crippen molar-refractivity contribution in [2.24, 2.45) is 0 Å². The van der Waals surface area contributed by atoms with Gasteiger partial charge in [-0.1, -0.05) is 18.2 Å². The van der Waals surface area contributed by atoms with Gasteiger partial charge in [0.1, 0.15) is 24.7 Å². The van der Waals surface area contributed by atoms with E-state index in [0.717, 1.165) is 11.3 Å². The fourth-order valence-corrected chi connectivity index (χ4v) is 2.87. The number of hydrogen-bond acceptors (Lipinski definition) is 6. The molecule has 0 atom stereocenters. The molecule has 3 N–H and O–H groups in total. The molecule has 0 aliphatic heterocycles. The van der Waals surface area contributed by atoms with Crippen LogP contribution in [-0.2, 0) is 0 Å². The number of para-hydroxylation sites is 1. The monoisotopic (exact) mass is 392 g/mol. The number of nitrogens with zero attached hydrogens (tertiary/aromatic N) is 2. The Kier molecular flexibility index (Phi) is 6.63. The molecule has 1 heterocycles. The first kappa shape index (κ1) is 20.1. The summed E-state index contributed by atoms with van der Waals surface area (Å²) in [6.45, 7) is 4.97. The third-order valence-corrected chi connectivity index (χ3v) is 4.16. The lowest BCUT2D eigenvalue weighted by molar-refractivity contribution is 0.0955. The molecule has 150 valence electrons. The maximum Gasteiger partial charge on any atom is 0.255 e. The summed E-state index contributed by atoms with van der Waals surface area (Å²) in [5, 5.41) is 2.79. The van der Waals surface area contributed by atoms with E-state index in [4.69, 9.17) is 15.2 Å². The smallest absolute Gasteiger partial charge is 0.255 e. The Morgan fingerprint density at radius 2 is 1.59 bits per heavy atom. The highest BCUT2D eigenvalue weighted by Gasteiger charge is 2.19. The molecule has 0 saturated carbocycles. The number of carbonyl (C=O) groups is 1. The van der Waals surface area contributed by atoms with E-state index in [0.29, 0.717) is 42.5 Å². The second-order valence-electron chi connectivity index (χ2n) is 6.28. The molecule has 29 heavy (non-hydrogen) atoms. The van der Waals surface area contributed by atoms with Crippen LogP contribution >= 0.6 is 0 Å². The fraction of sp³-hybridized carbons (Fsp3) is 0.227. The molecule has 2 aromatic carbocycles. The number of carbonyl (C=O) groups excluding carboxylic acids is 1. The predicted octanol–water partition coefficient (Wildman–Crippen LogP) is 3.24. The number of aromatic nitrogens is 2. The molecule has 3 rings (SSSR count). The van der Waals surface area contributed by atoms with E-state index >= 15 is 0 Å². The molecule has 3 aromatic rings. The minimum Gasteiger partial charge on any atom is -0.490 e. The lowest BCUT2D eigenvalue weighted by atomic mass is 10.0. The Bertz CT molecular complexity index is 960. The standard InChI is InChI=1S/C22H24N4O3/c1-3-24-21(27)19-15(2)25-22(23)26-20(19)16-9-11-18(12-10-16)29-14-13-28-17-7-5-4-6-8-17/h4-12H,3,13-14H2,1-2H3,(H,24,27)(H2,23,25,26). The summed E-state index contributed by atoms with van der Waals surface area (Å²) in [5.41, 5.74) is 8.03. The van der Waals surface area contributed by atoms with Crippen LogP contribution in [0, 0.1) is 6.92 Å². The first-order valence-electron chi connectivity index (χ1n) is 9.42. The van der Waals surface area contributed by atoms with Crippen LogP contribution in [0.1, 0.15) is 23.0 Å². The normalized spacial score (nSPS) is 10.4. The van der Waals surface area contributed by atoms with E-state index in [1.54, 1.807) is 6.92 Å². The average molecular weight is 392 g/mol. The lowest BCUT2D eigenvalue weighted by Gasteiger charge is -2.13. The van der Waals surface area contributed by atoms with Crippen LogP contribution in [0.25, 0.3) is 11.3 Å². The van der Waals surface area contributed by atoms with Crippen molar-refractivity contribution in [2.45, 2.75) is 13.8 Å². The van der Waals surface area contributed by atoms with Gasteiger partial charge in [0.15, 0.2) is 0 Å². The molecule has 7 heteroatoms. The van der Waals surface area contributed by atoms with E-state index in [2.05, 4.69) is 15.3 Å². The highest BCUT2D eigenvalue weighted by molar-refractivity contribution is 6.01. The van der Waals surface area contributed by atoms with Gasteiger partial charge in [0.05, 0.1) is 17.0 Å². The number of amides is 1. The molecular formula is C22H24N4O3. The molecule has 0 aliphatic carbocycles. The van der Waals surface area contributed by atoms with E-state index < -0.39 is 0 Å². The van der Waals surface area contributed by atoms with Crippen LogP contribution in [0.4, 0.5) is 5.95 Å². The van der Waals surface area contributed by atoms with Crippen molar-refractivity contribution in [1.82, 2.24) is 15.3 Å². The van der Waals surface area contributed by atoms with Crippen LogP contribution in [0.3, 0.4) is 0 Å². The SMILES string of the molecule is CCNC(=O)c1c(C)nc(N)nc1-c1ccc(OCCOc2ccccc2)cc1. The molecule has 1 amide bonds. The molecule has 0 fully saturated rings. The molecule has 0 aliphatic rings. The van der Waals surface area contributed by atoms with Crippen molar-refractivity contribution in [3.05, 3.63) is 65.9 Å². The van der Waals surface area contributed by atoms with E-state index in [-0.39, 0.29) is 11.9 Å². The average Bonchev–Trinajstić information content (AvgIpc) is 2.72. The zero-order chi connectivity index (χ0) is 20.6. The number of nitrogens with two attached hydrogens (primary N) is 1. The van der Waals surface area contributed by atoms with Gasteiger partial charge in [0, 0.05) is 12.1 Å². The number of ether oxygens (including phenoxy) is 2. The quantitative estimate of drug-likeness (QED) is 0.571. The Labute approximate surface area is 169 Å². The summed E-state index contributed by atoms with van der Waals surface area (Å²) in [7, 11) is 0. The summed E-state index contributed by atoms with van der Waals surface area (Å²) in [6.07, 6.45) is 0. The third-order valence-electron chi connectivity index (χ3n) is 4.16.